The molecular weight excluding hydrogens is 254 g/mol. The topological polar surface area (TPSA) is 171 Å². The average Bonchev–Trinajstić information content (AvgIpc) is 2.38. The minimum absolute atomic E-state index is 0.0154. The largest absolute Gasteiger partial charge is 0.394 e. The molecule has 1 heterocycles. The molecule has 19 heavy (non-hydrogen) atoms. The average molecular weight is 269 g/mol. The number of aromatic amines is 1. The molecule has 0 aliphatic rings. The van der Waals surface area contributed by atoms with Crippen molar-refractivity contribution in [3.63, 3.8) is 0 Å². The number of nitrogens with one attached hydrogen (secondary N) is 1. The summed E-state index contributed by atoms with van der Waals surface area (Å²) in [6.45, 7) is 2.82. The fourth-order valence-electron chi connectivity index (χ4n) is 1.15. The molecule has 0 fully saturated rings. The van der Waals surface area contributed by atoms with Crippen molar-refractivity contribution >= 4 is 23.7 Å². The Morgan fingerprint density at radius 3 is 2.74 bits per heavy atom. The number of nitrogens with two attached hydrogens (primary N) is 2. The van der Waals surface area contributed by atoms with Crippen molar-refractivity contribution in [2.75, 3.05) is 18.1 Å². The van der Waals surface area contributed by atoms with Gasteiger partial charge in [0.05, 0.1) is 6.61 Å². The number of H-pyrrole nitrogens is 1. The Morgan fingerprint density at radius 1 is 1.53 bits per heavy atom. The lowest BCUT2D eigenvalue weighted by atomic mass is 10.1. The number of aromatic nitrogens is 2. The smallest absolute Gasteiger partial charge is 0.277 e. The molecule has 1 rings (SSSR count). The van der Waals surface area contributed by atoms with E-state index >= 15 is 0 Å². The maximum absolute atomic E-state index is 11.3. The highest BCUT2D eigenvalue weighted by Crippen LogP contribution is 2.14. The first-order chi connectivity index (χ1) is 8.86. The molecule has 9 heteroatoms. The quantitative estimate of drug-likeness (QED) is 0.332. The molecule has 8 N–H and O–H groups in total. The second-order valence-corrected chi connectivity index (χ2v) is 3.72. The number of rotatable bonds is 5. The van der Waals surface area contributed by atoms with Gasteiger partial charge in [-0.3, -0.25) is 9.78 Å². The zero-order valence-corrected chi connectivity index (χ0v) is 9.95. The van der Waals surface area contributed by atoms with E-state index in [1.807, 2.05) is 0 Å². The van der Waals surface area contributed by atoms with Gasteiger partial charge in [-0.25, -0.2) is 4.99 Å². The highest BCUT2D eigenvalue weighted by molar-refractivity contribution is 5.82. The van der Waals surface area contributed by atoms with Crippen molar-refractivity contribution in [3.8, 4) is 0 Å². The molecule has 0 amide bonds. The fourth-order valence-corrected chi connectivity index (χ4v) is 1.15. The molecule has 104 valence electrons. The Labute approximate surface area is 107 Å². The zero-order valence-electron chi connectivity index (χ0n) is 9.95. The molecule has 0 saturated heterocycles. The monoisotopic (exact) mass is 269 g/mol. The first-order valence-corrected chi connectivity index (χ1v) is 5.22. The van der Waals surface area contributed by atoms with Gasteiger partial charge in [0.1, 0.15) is 17.9 Å². The van der Waals surface area contributed by atoms with Gasteiger partial charge in [0, 0.05) is 6.21 Å². The van der Waals surface area contributed by atoms with Gasteiger partial charge in [-0.15, -0.1) is 0 Å². The highest BCUT2D eigenvalue weighted by Gasteiger charge is 2.17. The van der Waals surface area contributed by atoms with Crippen LogP contribution in [0.15, 0.2) is 21.9 Å². The number of aliphatic imine (C=N–C) groups is 1. The summed E-state index contributed by atoms with van der Waals surface area (Å²) in [6, 6.07) is 0. The third kappa shape index (κ3) is 3.61. The summed E-state index contributed by atoms with van der Waals surface area (Å²) in [4.78, 5) is 20.9. The normalized spacial score (nSPS) is 14.5. The van der Waals surface area contributed by atoms with Gasteiger partial charge in [-0.1, -0.05) is 6.58 Å². The van der Waals surface area contributed by atoms with Gasteiger partial charge in [-0.05, 0) is 5.57 Å². The number of nitrogens with zero attached hydrogens (tertiary/aromatic N) is 2. The van der Waals surface area contributed by atoms with Crippen molar-refractivity contribution < 1.29 is 15.3 Å². The Balaban J connectivity index is 2.94. The molecule has 0 unspecified atom stereocenters. The van der Waals surface area contributed by atoms with Gasteiger partial charge >= 0.3 is 0 Å². The van der Waals surface area contributed by atoms with Crippen molar-refractivity contribution in [3.05, 3.63) is 22.5 Å². The summed E-state index contributed by atoms with van der Waals surface area (Å²) in [7, 11) is 0. The second kappa shape index (κ2) is 6.09. The van der Waals surface area contributed by atoms with Crippen LogP contribution in [0.2, 0.25) is 0 Å². The molecule has 0 radical (unpaired) electrons. The van der Waals surface area contributed by atoms with Crippen LogP contribution in [0.3, 0.4) is 0 Å². The van der Waals surface area contributed by atoms with Gasteiger partial charge < -0.3 is 26.8 Å². The molecule has 0 spiro atoms. The highest BCUT2D eigenvalue weighted by atomic mass is 16.4. The zero-order chi connectivity index (χ0) is 14.6. The SMILES string of the molecule is C=C(C=Nc1nc(N)[nH]c(=O)c1N)[C@H](O)[C@H](O)CO. The van der Waals surface area contributed by atoms with E-state index in [4.69, 9.17) is 16.6 Å². The molecule has 9 nitrogen and oxygen atoms in total. The summed E-state index contributed by atoms with van der Waals surface area (Å²) in [6.07, 6.45) is -1.70. The van der Waals surface area contributed by atoms with Crippen LogP contribution in [0, 0.1) is 0 Å². The van der Waals surface area contributed by atoms with Gasteiger partial charge in [0.2, 0.25) is 5.95 Å². The van der Waals surface area contributed by atoms with Gasteiger partial charge in [-0.2, -0.15) is 4.98 Å². The standard InChI is InChI=1S/C10H15N5O4/c1-4(7(18)5(17)3-16)2-13-8-6(11)9(19)15-10(12)14-8/h2,5,7,16-18H,1,3,11H2,(H3,12,14,15,19)/t5-,7+/m1/s1. The number of aliphatic hydroxyl groups excluding tert-OH is 3. The Kier molecular flexibility index (Phi) is 4.75. The van der Waals surface area contributed by atoms with Crippen LogP contribution in [-0.4, -0.2) is 50.3 Å². The molecule has 0 saturated carbocycles. The van der Waals surface area contributed by atoms with Crippen LogP contribution >= 0.6 is 0 Å². The Morgan fingerprint density at radius 2 is 2.16 bits per heavy atom. The van der Waals surface area contributed by atoms with Crippen molar-refractivity contribution in [2.24, 2.45) is 4.99 Å². The number of hydrogen-bond acceptors (Lipinski definition) is 8. The van der Waals surface area contributed by atoms with Crippen molar-refractivity contribution in [1.82, 2.24) is 9.97 Å². The summed E-state index contributed by atoms with van der Waals surface area (Å²) < 4.78 is 0. The summed E-state index contributed by atoms with van der Waals surface area (Å²) in [5, 5.41) is 27.4. The molecule has 0 bridgehead atoms. The van der Waals surface area contributed by atoms with Crippen LogP contribution < -0.4 is 17.0 Å². The number of aliphatic hydroxyl groups is 3. The van der Waals surface area contributed by atoms with E-state index in [-0.39, 0.29) is 23.0 Å². The van der Waals surface area contributed by atoms with Crippen LogP contribution in [0.1, 0.15) is 0 Å². The first kappa shape index (κ1) is 14.8. The van der Waals surface area contributed by atoms with E-state index < -0.39 is 24.4 Å². The van der Waals surface area contributed by atoms with Crippen LogP contribution in [0.4, 0.5) is 17.5 Å². The number of hydrogen-bond donors (Lipinski definition) is 6. The molecule has 1 aromatic heterocycles. The lowest BCUT2D eigenvalue weighted by molar-refractivity contribution is 0.00707. The maximum atomic E-state index is 11.3. The van der Waals surface area contributed by atoms with Crippen LogP contribution in [0.25, 0.3) is 0 Å². The Bertz CT molecular complexity index is 553. The molecular formula is C10H15N5O4. The lowest BCUT2D eigenvalue weighted by Crippen LogP contribution is -2.31. The summed E-state index contributed by atoms with van der Waals surface area (Å²) in [5.74, 6) is -0.291. The van der Waals surface area contributed by atoms with Crippen molar-refractivity contribution in [1.29, 1.82) is 0 Å². The van der Waals surface area contributed by atoms with E-state index in [0.29, 0.717) is 0 Å². The second-order valence-electron chi connectivity index (χ2n) is 3.72. The van der Waals surface area contributed by atoms with Crippen LogP contribution in [-0.2, 0) is 0 Å². The molecule has 0 aliphatic carbocycles. The maximum Gasteiger partial charge on any atom is 0.277 e. The van der Waals surface area contributed by atoms with E-state index in [1.54, 1.807) is 0 Å². The van der Waals surface area contributed by atoms with E-state index in [2.05, 4.69) is 21.5 Å². The van der Waals surface area contributed by atoms with E-state index in [1.165, 1.54) is 0 Å². The predicted molar refractivity (Wildman–Crippen MR) is 70.1 cm³/mol. The predicted octanol–water partition coefficient (Wildman–Crippen LogP) is -2.09. The fraction of sp³-hybridized carbons (Fsp3) is 0.300. The Hall–Kier alpha value is -2.23. The minimum atomic E-state index is -1.39. The molecule has 0 aromatic carbocycles. The minimum Gasteiger partial charge on any atom is -0.394 e. The molecule has 0 aliphatic heterocycles. The molecule has 1 aromatic rings. The summed E-state index contributed by atoms with van der Waals surface area (Å²) in [5.41, 5.74) is 9.90. The van der Waals surface area contributed by atoms with E-state index in [0.717, 1.165) is 6.21 Å². The van der Waals surface area contributed by atoms with Gasteiger partial charge in [0.15, 0.2) is 5.82 Å². The third-order valence-corrected chi connectivity index (χ3v) is 2.24. The number of anilines is 2. The summed E-state index contributed by atoms with van der Waals surface area (Å²) >= 11 is 0. The van der Waals surface area contributed by atoms with Gasteiger partial charge in [0.25, 0.3) is 5.56 Å². The van der Waals surface area contributed by atoms with Crippen LogP contribution in [0.5, 0.6) is 0 Å². The van der Waals surface area contributed by atoms with Crippen molar-refractivity contribution in [2.45, 2.75) is 12.2 Å². The van der Waals surface area contributed by atoms with E-state index in [9.17, 15) is 15.0 Å². The third-order valence-electron chi connectivity index (χ3n) is 2.24. The first-order valence-electron chi connectivity index (χ1n) is 5.22. The molecule has 2 atom stereocenters. The number of nitrogen functional groups attached to an aromatic ring is 2. The lowest BCUT2D eigenvalue weighted by Gasteiger charge is -2.14.